The van der Waals surface area contributed by atoms with Crippen LogP contribution in [-0.4, -0.2) is 37.2 Å². The van der Waals surface area contributed by atoms with Gasteiger partial charge in [-0.2, -0.15) is 0 Å². The Kier molecular flexibility index (Phi) is 54.3. The second-order valence-corrected chi connectivity index (χ2v) is 19.6. The maximum Gasteiger partial charge on any atom is 0.306 e. The Morgan fingerprint density at radius 3 is 0.882 bits per heavy atom. The number of carbonyl (C=O) groups excluding carboxylic acids is 3. The van der Waals surface area contributed by atoms with Crippen molar-refractivity contribution in [1.82, 2.24) is 0 Å². The molecule has 6 heteroatoms. The van der Waals surface area contributed by atoms with Crippen molar-refractivity contribution in [3.05, 3.63) is 60.8 Å². The van der Waals surface area contributed by atoms with E-state index in [2.05, 4.69) is 75.5 Å². The molecule has 394 valence electrons. The van der Waals surface area contributed by atoms with Crippen LogP contribution in [0.25, 0.3) is 0 Å². The van der Waals surface area contributed by atoms with Crippen LogP contribution in [0.5, 0.6) is 0 Å². The second kappa shape index (κ2) is 56.7. The van der Waals surface area contributed by atoms with Crippen LogP contribution < -0.4 is 0 Å². The first kappa shape index (κ1) is 65.1. The van der Waals surface area contributed by atoms with E-state index in [9.17, 15) is 14.4 Å². The summed E-state index contributed by atoms with van der Waals surface area (Å²) in [6, 6.07) is 0. The summed E-state index contributed by atoms with van der Waals surface area (Å²) in [5, 5.41) is 0. The highest BCUT2D eigenvalue weighted by atomic mass is 16.6. The summed E-state index contributed by atoms with van der Waals surface area (Å²) in [5.74, 6) is -0.969. The molecule has 0 unspecified atom stereocenters. The average molecular weight is 952 g/mol. The third-order valence-electron chi connectivity index (χ3n) is 12.8. The second-order valence-electron chi connectivity index (χ2n) is 19.6. The van der Waals surface area contributed by atoms with E-state index in [4.69, 9.17) is 14.2 Å². The highest BCUT2D eigenvalue weighted by molar-refractivity contribution is 5.71. The SMILES string of the molecule is CCCCC/C=C\C/C=C\C/C=C\C/C=C\C/C=C\CCC(=O)O[C@@H](COC(=O)CCCCCCCCCCCCCC)COC(=O)CCCCCCCCCCCCCCCCCCCCC. The lowest BCUT2D eigenvalue weighted by Gasteiger charge is -2.18. The minimum absolute atomic E-state index is 0.0997. The Morgan fingerprint density at radius 1 is 0.294 bits per heavy atom. The van der Waals surface area contributed by atoms with Crippen molar-refractivity contribution in [3.63, 3.8) is 0 Å². The summed E-state index contributed by atoms with van der Waals surface area (Å²) in [5.41, 5.74) is 0. The molecule has 1 atom stereocenters. The summed E-state index contributed by atoms with van der Waals surface area (Å²) >= 11 is 0. The fourth-order valence-corrected chi connectivity index (χ4v) is 8.37. The van der Waals surface area contributed by atoms with Gasteiger partial charge in [0.15, 0.2) is 6.10 Å². The van der Waals surface area contributed by atoms with Crippen LogP contribution >= 0.6 is 0 Å². The number of carbonyl (C=O) groups is 3. The zero-order valence-electron chi connectivity index (χ0n) is 45.1. The Morgan fingerprint density at radius 2 is 0.559 bits per heavy atom. The largest absolute Gasteiger partial charge is 0.462 e. The van der Waals surface area contributed by atoms with E-state index < -0.39 is 6.10 Å². The maximum absolute atomic E-state index is 12.8. The molecule has 0 fully saturated rings. The number of hydrogen-bond donors (Lipinski definition) is 0. The summed E-state index contributed by atoms with van der Waals surface area (Å²) in [4.78, 5) is 38.1. The molecular formula is C62H110O6. The fraction of sp³-hybridized carbons (Fsp3) is 0.790. The van der Waals surface area contributed by atoms with E-state index in [1.54, 1.807) is 0 Å². The van der Waals surface area contributed by atoms with Crippen molar-refractivity contribution in [1.29, 1.82) is 0 Å². The van der Waals surface area contributed by atoms with Crippen molar-refractivity contribution in [3.8, 4) is 0 Å². The van der Waals surface area contributed by atoms with Crippen LogP contribution in [0, 0.1) is 0 Å². The van der Waals surface area contributed by atoms with E-state index in [1.807, 2.05) is 6.08 Å². The van der Waals surface area contributed by atoms with Gasteiger partial charge in [-0.05, 0) is 57.8 Å². The number of ether oxygens (including phenoxy) is 3. The maximum atomic E-state index is 12.8. The zero-order chi connectivity index (χ0) is 49.3. The Balaban J connectivity index is 4.42. The van der Waals surface area contributed by atoms with E-state index in [0.29, 0.717) is 19.3 Å². The molecular weight excluding hydrogens is 841 g/mol. The molecule has 0 bridgehead atoms. The lowest BCUT2D eigenvalue weighted by molar-refractivity contribution is -0.166. The van der Waals surface area contributed by atoms with E-state index in [-0.39, 0.29) is 37.5 Å². The average Bonchev–Trinajstić information content (AvgIpc) is 3.34. The van der Waals surface area contributed by atoms with Crippen molar-refractivity contribution < 1.29 is 28.6 Å². The minimum Gasteiger partial charge on any atom is -0.462 e. The van der Waals surface area contributed by atoms with Crippen LogP contribution in [0.3, 0.4) is 0 Å². The van der Waals surface area contributed by atoms with Crippen LogP contribution in [0.4, 0.5) is 0 Å². The van der Waals surface area contributed by atoms with Crippen molar-refractivity contribution >= 4 is 17.9 Å². The molecule has 0 radical (unpaired) electrons. The third kappa shape index (κ3) is 54.1. The first-order chi connectivity index (χ1) is 33.5. The molecule has 0 spiro atoms. The first-order valence-electron chi connectivity index (χ1n) is 29.3. The van der Waals surface area contributed by atoms with E-state index in [0.717, 1.165) is 64.2 Å². The normalized spacial score (nSPS) is 12.5. The standard InChI is InChI=1S/C62H110O6/c1-4-7-10-13-16-19-22-25-27-29-31-33-35-37-40-43-46-49-52-55-61(64)67-58-59(57-66-60(63)54-51-48-45-42-39-24-21-18-15-12-9-6-3)68-62(65)56-53-50-47-44-41-38-36-34-32-30-28-26-23-20-17-14-11-8-5-2/h17,20,26,28,32,34,38,41,47,50,59H,4-16,18-19,21-25,27,29-31,33,35-37,39-40,42-46,48-49,51-58H2,1-3H3/b20-17-,28-26-,34-32-,41-38-,50-47-/t59-/m0/s1. The topological polar surface area (TPSA) is 78.9 Å². The summed E-state index contributed by atoms with van der Waals surface area (Å²) in [7, 11) is 0. The molecule has 0 saturated heterocycles. The smallest absolute Gasteiger partial charge is 0.306 e. The van der Waals surface area contributed by atoms with Crippen LogP contribution in [0.15, 0.2) is 60.8 Å². The number of hydrogen-bond acceptors (Lipinski definition) is 6. The molecule has 0 heterocycles. The van der Waals surface area contributed by atoms with Crippen molar-refractivity contribution in [2.75, 3.05) is 13.2 Å². The van der Waals surface area contributed by atoms with Crippen molar-refractivity contribution in [2.24, 2.45) is 0 Å². The fourth-order valence-electron chi connectivity index (χ4n) is 8.37. The van der Waals surface area contributed by atoms with Crippen LogP contribution in [0.2, 0.25) is 0 Å². The Bertz CT molecular complexity index is 1230. The van der Waals surface area contributed by atoms with Gasteiger partial charge in [0.2, 0.25) is 0 Å². The molecule has 68 heavy (non-hydrogen) atoms. The summed E-state index contributed by atoms with van der Waals surface area (Å²) in [6.45, 7) is 6.58. The predicted octanol–water partition coefficient (Wildman–Crippen LogP) is 19.6. The van der Waals surface area contributed by atoms with Gasteiger partial charge in [-0.3, -0.25) is 14.4 Å². The van der Waals surface area contributed by atoms with Gasteiger partial charge in [-0.15, -0.1) is 0 Å². The molecule has 0 aliphatic heterocycles. The quantitative estimate of drug-likeness (QED) is 0.0262. The molecule has 0 aromatic heterocycles. The van der Waals surface area contributed by atoms with E-state index in [1.165, 1.54) is 186 Å². The van der Waals surface area contributed by atoms with E-state index >= 15 is 0 Å². The van der Waals surface area contributed by atoms with Gasteiger partial charge >= 0.3 is 17.9 Å². The van der Waals surface area contributed by atoms with Crippen LogP contribution in [0.1, 0.15) is 297 Å². The van der Waals surface area contributed by atoms with Gasteiger partial charge < -0.3 is 14.2 Å². The van der Waals surface area contributed by atoms with Gasteiger partial charge in [0.25, 0.3) is 0 Å². The molecule has 0 aliphatic carbocycles. The van der Waals surface area contributed by atoms with Gasteiger partial charge in [-0.1, -0.05) is 281 Å². The molecule has 0 aromatic carbocycles. The van der Waals surface area contributed by atoms with Gasteiger partial charge in [0.1, 0.15) is 13.2 Å². The Hall–Kier alpha value is -2.89. The minimum atomic E-state index is -0.810. The number of rotatable bonds is 53. The molecule has 0 aliphatic rings. The molecule has 0 amide bonds. The number of unbranched alkanes of at least 4 members (excludes halogenated alkanes) is 32. The summed E-state index contributed by atoms with van der Waals surface area (Å²) in [6.07, 6.45) is 70.8. The lowest BCUT2D eigenvalue weighted by atomic mass is 10.0. The first-order valence-corrected chi connectivity index (χ1v) is 29.3. The molecule has 6 nitrogen and oxygen atoms in total. The predicted molar refractivity (Wildman–Crippen MR) is 293 cm³/mol. The number of allylic oxidation sites excluding steroid dienone is 10. The summed E-state index contributed by atoms with van der Waals surface area (Å²) < 4.78 is 16.8. The number of esters is 3. The molecule has 0 saturated carbocycles. The van der Waals surface area contributed by atoms with Gasteiger partial charge in [0, 0.05) is 19.3 Å². The molecule has 0 rings (SSSR count). The lowest BCUT2D eigenvalue weighted by Crippen LogP contribution is -2.30. The van der Waals surface area contributed by atoms with Crippen molar-refractivity contribution in [2.45, 2.75) is 303 Å². The molecule has 0 N–H and O–H groups in total. The molecule has 0 aromatic rings. The zero-order valence-corrected chi connectivity index (χ0v) is 45.1. The van der Waals surface area contributed by atoms with Crippen LogP contribution in [-0.2, 0) is 28.6 Å². The highest BCUT2D eigenvalue weighted by Gasteiger charge is 2.19. The van der Waals surface area contributed by atoms with Gasteiger partial charge in [0.05, 0.1) is 0 Å². The van der Waals surface area contributed by atoms with Gasteiger partial charge in [-0.25, -0.2) is 0 Å². The highest BCUT2D eigenvalue weighted by Crippen LogP contribution is 2.16. The Labute approximate surface area is 421 Å². The monoisotopic (exact) mass is 951 g/mol. The third-order valence-corrected chi connectivity index (χ3v) is 12.8.